The quantitative estimate of drug-likeness (QED) is 0.803. The molecule has 1 aliphatic carbocycles. The lowest BCUT2D eigenvalue weighted by Gasteiger charge is -2.35. The normalized spacial score (nSPS) is 22.7. The van der Waals surface area contributed by atoms with Crippen LogP contribution in [0.15, 0.2) is 18.3 Å². The highest BCUT2D eigenvalue weighted by Crippen LogP contribution is 2.33. The van der Waals surface area contributed by atoms with Crippen LogP contribution in [-0.4, -0.2) is 41.0 Å². The van der Waals surface area contributed by atoms with E-state index in [9.17, 15) is 9.59 Å². The fourth-order valence-corrected chi connectivity index (χ4v) is 3.26. The number of rotatable bonds is 3. The predicted molar refractivity (Wildman–Crippen MR) is 78.0 cm³/mol. The monoisotopic (exact) mass is 290 g/mol. The second-order valence-corrected chi connectivity index (χ2v) is 5.92. The minimum absolute atomic E-state index is 0.0398. The molecule has 21 heavy (non-hydrogen) atoms. The maximum atomic E-state index is 12.9. The van der Waals surface area contributed by atoms with Gasteiger partial charge in [-0.15, -0.1) is 0 Å². The van der Waals surface area contributed by atoms with Gasteiger partial charge in [0.15, 0.2) is 0 Å². The number of likely N-dealkylation sites (tertiary alicyclic amines) is 1. The van der Waals surface area contributed by atoms with Crippen molar-refractivity contribution in [3.05, 3.63) is 24.0 Å². The van der Waals surface area contributed by atoms with Crippen LogP contribution in [0.2, 0.25) is 0 Å². The van der Waals surface area contributed by atoms with E-state index in [1.54, 1.807) is 4.90 Å². The number of amides is 1. The molecule has 0 bridgehead atoms. The fourth-order valence-electron chi connectivity index (χ4n) is 3.26. The Bertz CT molecular complexity index is 533. The van der Waals surface area contributed by atoms with Crippen LogP contribution in [0, 0.1) is 0 Å². The molecule has 1 saturated heterocycles. The summed E-state index contributed by atoms with van der Waals surface area (Å²) in [6, 6.07) is 3.80. The number of esters is 1. The fraction of sp³-hybridized carbons (Fsp3) is 0.625. The van der Waals surface area contributed by atoms with Crippen LogP contribution in [0.5, 0.6) is 0 Å². The van der Waals surface area contributed by atoms with Crippen molar-refractivity contribution in [2.45, 2.75) is 50.6 Å². The molecule has 3 rings (SSSR count). The second kappa shape index (κ2) is 5.92. The Labute approximate surface area is 124 Å². The van der Waals surface area contributed by atoms with Gasteiger partial charge in [0, 0.05) is 18.8 Å². The molecule has 1 unspecified atom stereocenters. The molecule has 2 aliphatic rings. The van der Waals surface area contributed by atoms with E-state index in [0.29, 0.717) is 24.7 Å². The van der Waals surface area contributed by atoms with Crippen LogP contribution < -0.4 is 0 Å². The molecule has 1 amide bonds. The van der Waals surface area contributed by atoms with Gasteiger partial charge in [-0.1, -0.05) is 0 Å². The van der Waals surface area contributed by atoms with Gasteiger partial charge >= 0.3 is 5.97 Å². The molecule has 2 heterocycles. The summed E-state index contributed by atoms with van der Waals surface area (Å²) in [6.07, 6.45) is 8.09. The number of hydrogen-bond acceptors (Lipinski definition) is 3. The standard InChI is InChI=1S/C16H22N2O3/c1-21-16(20)14-8-2-3-10-18(14)15(19)13-9-5-11-17(13)12-6-4-7-12/h5,9,11-12,14H,2-4,6-8,10H2,1H3. The highest BCUT2D eigenvalue weighted by atomic mass is 16.5. The van der Waals surface area contributed by atoms with E-state index in [-0.39, 0.29) is 11.9 Å². The van der Waals surface area contributed by atoms with E-state index in [4.69, 9.17) is 4.74 Å². The molecule has 1 aromatic heterocycles. The lowest BCUT2D eigenvalue weighted by molar-refractivity contribution is -0.147. The lowest BCUT2D eigenvalue weighted by Crippen LogP contribution is -2.49. The Balaban J connectivity index is 1.82. The largest absolute Gasteiger partial charge is 0.467 e. The van der Waals surface area contributed by atoms with Crippen molar-refractivity contribution in [1.82, 2.24) is 9.47 Å². The number of hydrogen-bond donors (Lipinski definition) is 0. The molecular formula is C16H22N2O3. The number of carbonyl (C=O) groups is 2. The van der Waals surface area contributed by atoms with E-state index in [2.05, 4.69) is 4.57 Å². The third-order valence-corrected chi connectivity index (χ3v) is 4.70. The van der Waals surface area contributed by atoms with Crippen LogP contribution in [0.1, 0.15) is 55.1 Å². The minimum atomic E-state index is -0.430. The molecular weight excluding hydrogens is 268 g/mol. The van der Waals surface area contributed by atoms with Crippen molar-refractivity contribution in [2.75, 3.05) is 13.7 Å². The molecule has 1 aliphatic heterocycles. The highest BCUT2D eigenvalue weighted by molar-refractivity contribution is 5.95. The van der Waals surface area contributed by atoms with Gasteiger partial charge in [0.25, 0.3) is 5.91 Å². The molecule has 1 aromatic rings. The summed E-state index contributed by atoms with van der Waals surface area (Å²) in [7, 11) is 1.39. The Kier molecular flexibility index (Phi) is 3.99. The molecule has 0 aromatic carbocycles. The first-order chi connectivity index (χ1) is 10.2. The van der Waals surface area contributed by atoms with E-state index < -0.39 is 6.04 Å². The molecule has 1 saturated carbocycles. The topological polar surface area (TPSA) is 51.5 Å². The van der Waals surface area contributed by atoms with Crippen molar-refractivity contribution in [2.24, 2.45) is 0 Å². The van der Waals surface area contributed by atoms with Crippen molar-refractivity contribution < 1.29 is 14.3 Å². The van der Waals surface area contributed by atoms with Gasteiger partial charge in [-0.3, -0.25) is 4.79 Å². The molecule has 5 heteroatoms. The van der Waals surface area contributed by atoms with Crippen molar-refractivity contribution in [3.63, 3.8) is 0 Å². The van der Waals surface area contributed by atoms with Gasteiger partial charge < -0.3 is 14.2 Å². The number of aromatic nitrogens is 1. The molecule has 1 atom stereocenters. The van der Waals surface area contributed by atoms with Gasteiger partial charge in [0.2, 0.25) is 0 Å². The van der Waals surface area contributed by atoms with Gasteiger partial charge in [-0.2, -0.15) is 0 Å². The third kappa shape index (κ3) is 2.57. The van der Waals surface area contributed by atoms with E-state index in [0.717, 1.165) is 25.7 Å². The zero-order valence-electron chi connectivity index (χ0n) is 12.5. The number of carbonyl (C=O) groups excluding carboxylic acids is 2. The summed E-state index contributed by atoms with van der Waals surface area (Å²) >= 11 is 0. The Morgan fingerprint density at radius 1 is 1.19 bits per heavy atom. The Morgan fingerprint density at radius 3 is 2.67 bits per heavy atom. The summed E-state index contributed by atoms with van der Waals surface area (Å²) in [5, 5.41) is 0. The molecule has 2 fully saturated rings. The zero-order valence-corrected chi connectivity index (χ0v) is 12.5. The average Bonchev–Trinajstić information content (AvgIpc) is 2.93. The van der Waals surface area contributed by atoms with E-state index >= 15 is 0 Å². The smallest absolute Gasteiger partial charge is 0.328 e. The molecule has 114 valence electrons. The molecule has 0 N–H and O–H groups in total. The van der Waals surface area contributed by atoms with Crippen LogP contribution in [0.3, 0.4) is 0 Å². The van der Waals surface area contributed by atoms with E-state index in [1.165, 1.54) is 13.5 Å². The molecule has 0 spiro atoms. The van der Waals surface area contributed by atoms with Gasteiger partial charge in [-0.05, 0) is 50.7 Å². The SMILES string of the molecule is COC(=O)C1CCCCN1C(=O)c1cccn1C1CCC1. The predicted octanol–water partition coefficient (Wildman–Crippen LogP) is 2.38. The maximum Gasteiger partial charge on any atom is 0.328 e. The van der Waals surface area contributed by atoms with Crippen molar-refractivity contribution >= 4 is 11.9 Å². The second-order valence-electron chi connectivity index (χ2n) is 5.92. The minimum Gasteiger partial charge on any atom is -0.467 e. The zero-order chi connectivity index (χ0) is 14.8. The first kappa shape index (κ1) is 14.2. The molecule has 0 radical (unpaired) electrons. The number of methoxy groups -OCH3 is 1. The van der Waals surface area contributed by atoms with Crippen LogP contribution in [-0.2, 0) is 9.53 Å². The summed E-state index contributed by atoms with van der Waals surface area (Å²) in [5.74, 6) is -0.341. The van der Waals surface area contributed by atoms with Gasteiger partial charge in [0.1, 0.15) is 11.7 Å². The van der Waals surface area contributed by atoms with Crippen molar-refractivity contribution in [1.29, 1.82) is 0 Å². The van der Waals surface area contributed by atoms with Gasteiger partial charge in [-0.25, -0.2) is 4.79 Å². The summed E-state index contributed by atoms with van der Waals surface area (Å²) in [6.45, 7) is 0.633. The number of piperidine rings is 1. The Hall–Kier alpha value is -1.78. The van der Waals surface area contributed by atoms with E-state index in [1.807, 2.05) is 18.3 Å². The van der Waals surface area contributed by atoms with Crippen LogP contribution in [0.4, 0.5) is 0 Å². The average molecular weight is 290 g/mol. The summed E-state index contributed by atoms with van der Waals surface area (Å²) in [4.78, 5) is 26.5. The van der Waals surface area contributed by atoms with Crippen LogP contribution >= 0.6 is 0 Å². The summed E-state index contributed by atoms with van der Waals surface area (Å²) in [5.41, 5.74) is 0.704. The van der Waals surface area contributed by atoms with Crippen LogP contribution in [0.25, 0.3) is 0 Å². The lowest BCUT2D eigenvalue weighted by atomic mass is 9.92. The maximum absolute atomic E-state index is 12.9. The first-order valence-corrected chi connectivity index (χ1v) is 7.78. The number of ether oxygens (including phenoxy) is 1. The Morgan fingerprint density at radius 2 is 2.00 bits per heavy atom. The highest BCUT2D eigenvalue weighted by Gasteiger charge is 2.35. The molecule has 5 nitrogen and oxygen atoms in total. The summed E-state index contributed by atoms with van der Waals surface area (Å²) < 4.78 is 6.94. The van der Waals surface area contributed by atoms with Gasteiger partial charge in [0.05, 0.1) is 7.11 Å². The first-order valence-electron chi connectivity index (χ1n) is 7.78. The number of nitrogens with zero attached hydrogens (tertiary/aromatic N) is 2. The third-order valence-electron chi connectivity index (χ3n) is 4.70. The van der Waals surface area contributed by atoms with Crippen molar-refractivity contribution in [3.8, 4) is 0 Å².